The molecule has 1 aromatic heterocycles. The summed E-state index contributed by atoms with van der Waals surface area (Å²) in [6, 6.07) is 11.9. The predicted molar refractivity (Wildman–Crippen MR) is 124 cm³/mol. The van der Waals surface area contributed by atoms with Crippen LogP contribution in [0.2, 0.25) is 0 Å². The van der Waals surface area contributed by atoms with Gasteiger partial charge in [0, 0.05) is 38.1 Å². The quantitative estimate of drug-likeness (QED) is 0.292. The maximum absolute atomic E-state index is 12.1. The monoisotopic (exact) mass is 451 g/mol. The van der Waals surface area contributed by atoms with Crippen molar-refractivity contribution in [3.05, 3.63) is 74.6 Å². The number of aryl methyl sites for hydroxylation is 3. The van der Waals surface area contributed by atoms with Gasteiger partial charge in [-0.05, 0) is 43.0 Å². The van der Waals surface area contributed by atoms with E-state index in [-0.39, 0.29) is 24.6 Å². The fourth-order valence-corrected chi connectivity index (χ4v) is 4.09. The number of fused-ring (bicyclic) bond motifs is 3. The van der Waals surface area contributed by atoms with Crippen LogP contribution in [0, 0.1) is 13.8 Å². The van der Waals surface area contributed by atoms with Crippen molar-refractivity contribution in [1.82, 2.24) is 4.90 Å². The van der Waals surface area contributed by atoms with Crippen molar-refractivity contribution in [3.8, 4) is 5.75 Å². The van der Waals surface area contributed by atoms with Gasteiger partial charge < -0.3 is 18.6 Å². The van der Waals surface area contributed by atoms with Crippen LogP contribution in [0.5, 0.6) is 5.75 Å². The number of rotatable bonds is 8. The lowest BCUT2D eigenvalue weighted by Crippen LogP contribution is -2.32. The van der Waals surface area contributed by atoms with Crippen molar-refractivity contribution >= 4 is 16.9 Å². The van der Waals surface area contributed by atoms with Crippen molar-refractivity contribution in [2.24, 2.45) is 0 Å². The van der Waals surface area contributed by atoms with Gasteiger partial charge in [-0.3, -0.25) is 9.69 Å². The van der Waals surface area contributed by atoms with Crippen molar-refractivity contribution < 1.29 is 23.4 Å². The summed E-state index contributed by atoms with van der Waals surface area (Å²) < 4.78 is 21.9. The molecule has 1 aliphatic rings. The smallest absolute Gasteiger partial charge is 0.336 e. The van der Waals surface area contributed by atoms with E-state index in [4.69, 9.17) is 18.6 Å². The molecule has 0 atom stereocenters. The van der Waals surface area contributed by atoms with Gasteiger partial charge in [-0.1, -0.05) is 29.8 Å². The van der Waals surface area contributed by atoms with Crippen LogP contribution in [-0.2, 0) is 33.8 Å². The van der Waals surface area contributed by atoms with E-state index in [9.17, 15) is 9.59 Å². The Morgan fingerprint density at radius 2 is 1.91 bits per heavy atom. The summed E-state index contributed by atoms with van der Waals surface area (Å²) in [4.78, 5) is 26.4. The topological polar surface area (TPSA) is 78.2 Å². The van der Waals surface area contributed by atoms with Gasteiger partial charge in [-0.15, -0.1) is 0 Å². The van der Waals surface area contributed by atoms with Crippen LogP contribution in [0.4, 0.5) is 0 Å². The fraction of sp³-hybridized carbons (Fsp3) is 0.385. The molecular formula is C26H29NO6. The van der Waals surface area contributed by atoms with Crippen LogP contribution < -0.4 is 10.4 Å². The Labute approximate surface area is 192 Å². The molecule has 0 amide bonds. The molecular weight excluding hydrogens is 422 g/mol. The molecule has 2 aromatic carbocycles. The molecule has 0 radical (unpaired) electrons. The highest BCUT2D eigenvalue weighted by Crippen LogP contribution is 2.37. The van der Waals surface area contributed by atoms with E-state index in [1.807, 2.05) is 13.0 Å². The highest BCUT2D eigenvalue weighted by atomic mass is 16.6. The number of hydrogen-bond acceptors (Lipinski definition) is 7. The van der Waals surface area contributed by atoms with E-state index < -0.39 is 0 Å². The third-order valence-electron chi connectivity index (χ3n) is 5.81. The lowest BCUT2D eigenvalue weighted by Gasteiger charge is -2.31. The summed E-state index contributed by atoms with van der Waals surface area (Å²) in [5.74, 6) is 0.412. The Bertz CT molecular complexity index is 1200. The molecule has 2 heterocycles. The van der Waals surface area contributed by atoms with Crippen molar-refractivity contribution in [2.45, 2.75) is 39.8 Å². The first-order valence-electron chi connectivity index (χ1n) is 11.1. The van der Waals surface area contributed by atoms with Crippen molar-refractivity contribution in [2.75, 3.05) is 27.1 Å². The first-order chi connectivity index (χ1) is 15.9. The van der Waals surface area contributed by atoms with Gasteiger partial charge in [-0.25, -0.2) is 4.79 Å². The largest absolute Gasteiger partial charge is 0.477 e. The van der Waals surface area contributed by atoms with Crippen LogP contribution in [0.15, 0.2) is 45.6 Å². The number of ether oxygens (including phenoxy) is 3. The maximum atomic E-state index is 12.1. The minimum Gasteiger partial charge on any atom is -0.477 e. The zero-order chi connectivity index (χ0) is 23.4. The minimum absolute atomic E-state index is 0.230. The molecule has 7 nitrogen and oxygen atoms in total. The Morgan fingerprint density at radius 3 is 2.67 bits per heavy atom. The van der Waals surface area contributed by atoms with Crippen LogP contribution in [-0.4, -0.2) is 37.9 Å². The van der Waals surface area contributed by atoms with E-state index in [0.717, 1.165) is 22.1 Å². The molecule has 1 aliphatic heterocycles. The highest BCUT2D eigenvalue weighted by molar-refractivity contribution is 5.86. The number of benzene rings is 2. The van der Waals surface area contributed by atoms with Gasteiger partial charge in [0.05, 0.1) is 12.2 Å². The molecule has 0 aliphatic carbocycles. The van der Waals surface area contributed by atoms with Crippen LogP contribution >= 0.6 is 0 Å². The number of nitrogens with zero attached hydrogens (tertiary/aromatic N) is 1. The molecule has 0 N–H and O–H groups in total. The van der Waals surface area contributed by atoms with E-state index in [1.54, 1.807) is 7.11 Å². The van der Waals surface area contributed by atoms with Gasteiger partial charge in [-0.2, -0.15) is 0 Å². The number of esters is 1. The fourth-order valence-electron chi connectivity index (χ4n) is 4.09. The van der Waals surface area contributed by atoms with Gasteiger partial charge >= 0.3 is 11.6 Å². The molecule has 4 rings (SSSR count). The predicted octanol–water partition coefficient (Wildman–Crippen LogP) is 3.88. The van der Waals surface area contributed by atoms with E-state index in [1.165, 1.54) is 17.2 Å². The van der Waals surface area contributed by atoms with Crippen LogP contribution in [0.1, 0.15) is 34.2 Å². The summed E-state index contributed by atoms with van der Waals surface area (Å²) in [7, 11) is 1.56. The normalized spacial score (nSPS) is 13.5. The lowest BCUT2D eigenvalue weighted by molar-refractivity contribution is -0.144. The SMILES string of the molecule is COCCOC(=O)CCc1cc2c(C)cc(=O)oc2c2c1OCN(Cc1ccc(C)cc1)C2. The zero-order valence-corrected chi connectivity index (χ0v) is 19.3. The number of carbonyl (C=O) groups excluding carboxylic acids is 1. The summed E-state index contributed by atoms with van der Waals surface area (Å²) >= 11 is 0. The number of hydrogen-bond donors (Lipinski definition) is 0. The molecule has 0 spiro atoms. The van der Waals surface area contributed by atoms with E-state index in [0.29, 0.717) is 44.2 Å². The van der Waals surface area contributed by atoms with Gasteiger partial charge in [0.25, 0.3) is 0 Å². The number of carbonyl (C=O) groups is 1. The summed E-state index contributed by atoms with van der Waals surface area (Å²) in [6.45, 7) is 6.27. The first kappa shape index (κ1) is 23.0. The van der Waals surface area contributed by atoms with Gasteiger partial charge in [0.1, 0.15) is 24.7 Å². The Morgan fingerprint density at radius 1 is 1.12 bits per heavy atom. The van der Waals surface area contributed by atoms with Crippen LogP contribution in [0.3, 0.4) is 0 Å². The average molecular weight is 452 g/mol. The molecule has 3 aromatic rings. The summed E-state index contributed by atoms with van der Waals surface area (Å²) in [5, 5.41) is 0.858. The van der Waals surface area contributed by atoms with Gasteiger partial charge in [0.15, 0.2) is 0 Å². The third kappa shape index (κ3) is 5.43. The molecule has 0 unspecified atom stereocenters. The molecule has 33 heavy (non-hydrogen) atoms. The summed E-state index contributed by atoms with van der Waals surface area (Å²) in [5.41, 5.74) is 5.16. The molecule has 0 saturated heterocycles. The average Bonchev–Trinajstić information content (AvgIpc) is 2.79. The summed E-state index contributed by atoms with van der Waals surface area (Å²) in [6.07, 6.45) is 0.703. The number of methoxy groups -OCH3 is 1. The molecule has 174 valence electrons. The van der Waals surface area contributed by atoms with E-state index in [2.05, 4.69) is 36.1 Å². The van der Waals surface area contributed by atoms with Crippen LogP contribution in [0.25, 0.3) is 11.0 Å². The second kappa shape index (κ2) is 10.2. The minimum atomic E-state index is -0.382. The molecule has 0 bridgehead atoms. The van der Waals surface area contributed by atoms with Gasteiger partial charge in [0.2, 0.25) is 0 Å². The van der Waals surface area contributed by atoms with E-state index >= 15 is 0 Å². The first-order valence-corrected chi connectivity index (χ1v) is 11.1. The van der Waals surface area contributed by atoms with Crippen molar-refractivity contribution in [1.29, 1.82) is 0 Å². The Kier molecular flexibility index (Phi) is 7.11. The molecule has 0 fully saturated rings. The third-order valence-corrected chi connectivity index (χ3v) is 5.81. The lowest BCUT2D eigenvalue weighted by atomic mass is 9.97. The zero-order valence-electron chi connectivity index (χ0n) is 19.3. The molecule has 0 saturated carbocycles. The maximum Gasteiger partial charge on any atom is 0.336 e. The highest BCUT2D eigenvalue weighted by Gasteiger charge is 2.25. The molecule has 7 heteroatoms. The van der Waals surface area contributed by atoms with Crippen molar-refractivity contribution in [3.63, 3.8) is 0 Å². The standard InChI is InChI=1S/C26H29NO6/c1-17-4-6-19(7-5-17)14-27-15-22-25(32-16-27)20(8-9-23(28)31-11-10-30-3)13-21-18(2)12-24(29)33-26(21)22/h4-7,12-13H,8-11,14-16H2,1-3H3. The Hall–Kier alpha value is -3.16. The second-order valence-electron chi connectivity index (χ2n) is 8.43. The second-order valence-corrected chi connectivity index (χ2v) is 8.43. The Balaban J connectivity index is 1.62.